The third-order valence-electron chi connectivity index (χ3n) is 2.85. The SMILES string of the molecule is O=C(/C=C\c1ccc(-c2ccccc2)o1)c1ccco1. The zero-order valence-corrected chi connectivity index (χ0v) is 10.7. The Balaban J connectivity index is 1.76. The van der Waals surface area contributed by atoms with Gasteiger partial charge in [-0.1, -0.05) is 30.3 Å². The van der Waals surface area contributed by atoms with Crippen LogP contribution in [0.1, 0.15) is 16.3 Å². The molecule has 0 saturated carbocycles. The number of carbonyl (C=O) groups excluding carboxylic acids is 1. The summed E-state index contributed by atoms with van der Waals surface area (Å²) in [5.74, 6) is 1.53. The van der Waals surface area contributed by atoms with Crippen molar-refractivity contribution in [2.45, 2.75) is 0 Å². The molecule has 1 aromatic carbocycles. The Kier molecular flexibility index (Phi) is 3.33. The number of hydrogen-bond acceptors (Lipinski definition) is 3. The fraction of sp³-hybridized carbons (Fsp3) is 0. The van der Waals surface area contributed by atoms with Crippen LogP contribution in [-0.2, 0) is 0 Å². The summed E-state index contributed by atoms with van der Waals surface area (Å²) in [6.07, 6.45) is 4.55. The molecule has 98 valence electrons. The zero-order valence-electron chi connectivity index (χ0n) is 10.7. The molecule has 20 heavy (non-hydrogen) atoms. The summed E-state index contributed by atoms with van der Waals surface area (Å²) >= 11 is 0. The van der Waals surface area contributed by atoms with Crippen LogP contribution in [-0.4, -0.2) is 5.78 Å². The highest BCUT2D eigenvalue weighted by Gasteiger charge is 2.05. The maximum atomic E-state index is 11.7. The van der Waals surface area contributed by atoms with Crippen molar-refractivity contribution in [3.8, 4) is 11.3 Å². The van der Waals surface area contributed by atoms with Gasteiger partial charge in [0.15, 0.2) is 5.76 Å². The van der Waals surface area contributed by atoms with Crippen LogP contribution in [0.5, 0.6) is 0 Å². The Bertz CT molecular complexity index is 719. The molecule has 0 unspecified atom stereocenters. The maximum absolute atomic E-state index is 11.7. The van der Waals surface area contributed by atoms with Crippen LogP contribution >= 0.6 is 0 Å². The van der Waals surface area contributed by atoms with E-state index in [1.807, 2.05) is 42.5 Å². The fourth-order valence-electron chi connectivity index (χ4n) is 1.86. The van der Waals surface area contributed by atoms with Crippen molar-refractivity contribution in [2.24, 2.45) is 0 Å². The zero-order chi connectivity index (χ0) is 13.8. The van der Waals surface area contributed by atoms with Crippen molar-refractivity contribution in [1.82, 2.24) is 0 Å². The van der Waals surface area contributed by atoms with Crippen molar-refractivity contribution in [3.05, 3.63) is 78.5 Å². The van der Waals surface area contributed by atoms with Gasteiger partial charge in [-0.05, 0) is 36.4 Å². The number of rotatable bonds is 4. The van der Waals surface area contributed by atoms with E-state index in [-0.39, 0.29) is 5.78 Å². The predicted octanol–water partition coefficient (Wildman–Crippen LogP) is 4.44. The Hall–Kier alpha value is -2.81. The van der Waals surface area contributed by atoms with E-state index in [2.05, 4.69) is 0 Å². The van der Waals surface area contributed by atoms with E-state index in [1.54, 1.807) is 18.2 Å². The van der Waals surface area contributed by atoms with Crippen LogP contribution < -0.4 is 0 Å². The predicted molar refractivity (Wildman–Crippen MR) is 76.2 cm³/mol. The minimum Gasteiger partial charge on any atom is -0.461 e. The van der Waals surface area contributed by atoms with Gasteiger partial charge in [0.2, 0.25) is 5.78 Å². The monoisotopic (exact) mass is 264 g/mol. The van der Waals surface area contributed by atoms with Gasteiger partial charge in [0.1, 0.15) is 11.5 Å². The molecule has 0 spiro atoms. The van der Waals surface area contributed by atoms with Gasteiger partial charge in [-0.15, -0.1) is 0 Å². The highest BCUT2D eigenvalue weighted by Crippen LogP contribution is 2.22. The third-order valence-corrected chi connectivity index (χ3v) is 2.85. The summed E-state index contributed by atoms with van der Waals surface area (Å²) in [4.78, 5) is 11.7. The van der Waals surface area contributed by atoms with E-state index in [4.69, 9.17) is 8.83 Å². The summed E-state index contributed by atoms with van der Waals surface area (Å²) in [7, 11) is 0. The standard InChI is InChI=1S/C17H12O3/c18-15(17-7-4-12-19-17)10-8-14-9-11-16(20-14)13-5-2-1-3-6-13/h1-12H/b10-8-. The highest BCUT2D eigenvalue weighted by molar-refractivity contribution is 6.04. The molecule has 3 heteroatoms. The van der Waals surface area contributed by atoms with Gasteiger partial charge in [0.25, 0.3) is 0 Å². The van der Waals surface area contributed by atoms with E-state index < -0.39 is 0 Å². The van der Waals surface area contributed by atoms with E-state index in [0.29, 0.717) is 11.5 Å². The first-order valence-electron chi connectivity index (χ1n) is 6.24. The lowest BCUT2D eigenvalue weighted by Crippen LogP contribution is -1.89. The maximum Gasteiger partial charge on any atom is 0.221 e. The molecule has 0 aliphatic heterocycles. The number of furan rings is 2. The van der Waals surface area contributed by atoms with Crippen LogP contribution in [0.15, 0.2) is 75.8 Å². The summed E-state index contributed by atoms with van der Waals surface area (Å²) in [6, 6.07) is 16.8. The van der Waals surface area contributed by atoms with Gasteiger partial charge in [-0.25, -0.2) is 0 Å². The first-order chi connectivity index (χ1) is 9.83. The molecule has 0 amide bonds. The molecule has 0 saturated heterocycles. The Morgan fingerprint density at radius 2 is 1.80 bits per heavy atom. The van der Waals surface area contributed by atoms with Gasteiger partial charge in [-0.2, -0.15) is 0 Å². The van der Waals surface area contributed by atoms with Crippen molar-refractivity contribution >= 4 is 11.9 Å². The van der Waals surface area contributed by atoms with Crippen molar-refractivity contribution < 1.29 is 13.6 Å². The molecular weight excluding hydrogens is 252 g/mol. The van der Waals surface area contributed by atoms with Crippen molar-refractivity contribution in [1.29, 1.82) is 0 Å². The third kappa shape index (κ3) is 2.62. The minimum absolute atomic E-state index is 0.187. The van der Waals surface area contributed by atoms with Gasteiger partial charge < -0.3 is 8.83 Å². The Morgan fingerprint density at radius 1 is 0.950 bits per heavy atom. The minimum atomic E-state index is -0.187. The molecular formula is C17H12O3. The summed E-state index contributed by atoms with van der Waals surface area (Å²) in [5, 5.41) is 0. The average molecular weight is 264 g/mol. The number of hydrogen-bond donors (Lipinski definition) is 0. The second-order valence-electron chi connectivity index (χ2n) is 4.24. The second-order valence-corrected chi connectivity index (χ2v) is 4.24. The van der Waals surface area contributed by atoms with E-state index in [1.165, 1.54) is 12.3 Å². The van der Waals surface area contributed by atoms with Crippen LogP contribution in [0.4, 0.5) is 0 Å². The van der Waals surface area contributed by atoms with E-state index in [9.17, 15) is 4.79 Å². The van der Waals surface area contributed by atoms with E-state index in [0.717, 1.165) is 11.3 Å². The van der Waals surface area contributed by atoms with E-state index >= 15 is 0 Å². The molecule has 2 aromatic heterocycles. The van der Waals surface area contributed by atoms with Crippen LogP contribution in [0.3, 0.4) is 0 Å². The second kappa shape index (κ2) is 5.45. The number of benzene rings is 1. The normalized spacial score (nSPS) is 11.0. The van der Waals surface area contributed by atoms with Crippen molar-refractivity contribution in [2.75, 3.05) is 0 Å². The van der Waals surface area contributed by atoms with Gasteiger partial charge >= 0.3 is 0 Å². The molecule has 0 N–H and O–H groups in total. The molecule has 0 atom stereocenters. The molecule has 0 radical (unpaired) electrons. The fourth-order valence-corrected chi connectivity index (χ4v) is 1.86. The molecule has 0 aliphatic rings. The van der Waals surface area contributed by atoms with Gasteiger partial charge in [0, 0.05) is 5.56 Å². The quantitative estimate of drug-likeness (QED) is 0.517. The smallest absolute Gasteiger partial charge is 0.221 e. The lowest BCUT2D eigenvalue weighted by Gasteiger charge is -1.94. The summed E-state index contributed by atoms with van der Waals surface area (Å²) in [6.45, 7) is 0. The molecule has 3 rings (SSSR count). The molecule has 3 aromatic rings. The molecule has 0 bridgehead atoms. The van der Waals surface area contributed by atoms with Crippen molar-refractivity contribution in [3.63, 3.8) is 0 Å². The number of allylic oxidation sites excluding steroid dienone is 1. The first-order valence-corrected chi connectivity index (χ1v) is 6.24. The Labute approximate surface area is 116 Å². The summed E-state index contributed by atoms with van der Waals surface area (Å²) in [5.41, 5.74) is 1.00. The lowest BCUT2D eigenvalue weighted by atomic mass is 10.2. The number of ketones is 1. The summed E-state index contributed by atoms with van der Waals surface area (Å²) < 4.78 is 10.7. The van der Waals surface area contributed by atoms with Crippen LogP contribution in [0, 0.1) is 0 Å². The lowest BCUT2D eigenvalue weighted by molar-refractivity contribution is 0.102. The van der Waals surface area contributed by atoms with Crippen LogP contribution in [0.25, 0.3) is 17.4 Å². The number of carbonyl (C=O) groups is 1. The topological polar surface area (TPSA) is 43.4 Å². The molecule has 2 heterocycles. The average Bonchev–Trinajstić information content (AvgIpc) is 3.17. The highest BCUT2D eigenvalue weighted by atomic mass is 16.3. The largest absolute Gasteiger partial charge is 0.461 e. The van der Waals surface area contributed by atoms with Gasteiger partial charge in [-0.3, -0.25) is 4.79 Å². The molecule has 3 nitrogen and oxygen atoms in total. The van der Waals surface area contributed by atoms with Crippen LogP contribution in [0.2, 0.25) is 0 Å². The molecule has 0 fully saturated rings. The Morgan fingerprint density at radius 3 is 2.55 bits per heavy atom. The molecule has 0 aliphatic carbocycles. The first kappa shape index (κ1) is 12.2. The van der Waals surface area contributed by atoms with Gasteiger partial charge in [0.05, 0.1) is 6.26 Å².